The van der Waals surface area contributed by atoms with Crippen LogP contribution >= 0.6 is 0 Å². The number of hydrogen-bond acceptors (Lipinski definition) is 6. The second-order valence-electron chi connectivity index (χ2n) is 5.80. The monoisotopic (exact) mass is 349 g/mol. The standard InChI is InChI=1S/C17H15N7O2/c25-16-11-4-2-1-3-10(11)7-12(21-16)17(26)20-9-14-22-15(24-23-14)13-8-18-5-6-19-13/h1-6,8,12H,7,9H2,(H,20,26)(H,21,25)(H,22,23,24). The summed E-state index contributed by atoms with van der Waals surface area (Å²) in [6.45, 7) is 0.167. The van der Waals surface area contributed by atoms with Gasteiger partial charge in [-0.3, -0.25) is 19.7 Å². The highest BCUT2D eigenvalue weighted by Gasteiger charge is 2.28. The van der Waals surface area contributed by atoms with Gasteiger partial charge in [0, 0.05) is 24.4 Å². The number of fused-ring (bicyclic) bond motifs is 1. The molecule has 3 N–H and O–H groups in total. The number of aromatic nitrogens is 5. The molecule has 9 nitrogen and oxygen atoms in total. The molecule has 0 bridgehead atoms. The van der Waals surface area contributed by atoms with E-state index in [0.29, 0.717) is 29.3 Å². The van der Waals surface area contributed by atoms with Crippen LogP contribution in [0.5, 0.6) is 0 Å². The predicted octanol–water partition coefficient (Wildman–Crippen LogP) is 0.233. The fourth-order valence-corrected chi connectivity index (χ4v) is 2.78. The summed E-state index contributed by atoms with van der Waals surface area (Å²) in [7, 11) is 0. The van der Waals surface area contributed by atoms with E-state index < -0.39 is 6.04 Å². The number of carbonyl (C=O) groups is 2. The minimum Gasteiger partial charge on any atom is -0.347 e. The molecule has 9 heteroatoms. The van der Waals surface area contributed by atoms with Gasteiger partial charge >= 0.3 is 0 Å². The Morgan fingerprint density at radius 3 is 3.00 bits per heavy atom. The largest absolute Gasteiger partial charge is 0.347 e. The molecule has 4 rings (SSSR count). The summed E-state index contributed by atoms with van der Waals surface area (Å²) in [6, 6.07) is 6.66. The van der Waals surface area contributed by atoms with Gasteiger partial charge in [-0.2, -0.15) is 5.10 Å². The summed E-state index contributed by atoms with van der Waals surface area (Å²) < 4.78 is 0. The van der Waals surface area contributed by atoms with Gasteiger partial charge < -0.3 is 10.6 Å². The van der Waals surface area contributed by atoms with Crippen molar-refractivity contribution in [1.29, 1.82) is 0 Å². The van der Waals surface area contributed by atoms with Crippen LogP contribution in [0, 0.1) is 0 Å². The summed E-state index contributed by atoms with van der Waals surface area (Å²) in [6.07, 6.45) is 5.13. The van der Waals surface area contributed by atoms with Gasteiger partial charge in [0.05, 0.1) is 12.7 Å². The molecule has 0 fully saturated rings. The normalized spacial score (nSPS) is 15.8. The van der Waals surface area contributed by atoms with Crippen molar-refractivity contribution in [2.75, 3.05) is 0 Å². The second-order valence-corrected chi connectivity index (χ2v) is 5.80. The number of rotatable bonds is 4. The Hall–Kier alpha value is -3.62. The topological polar surface area (TPSA) is 126 Å². The van der Waals surface area contributed by atoms with Crippen molar-refractivity contribution in [3.05, 3.63) is 59.8 Å². The van der Waals surface area contributed by atoms with Gasteiger partial charge in [-0.25, -0.2) is 9.97 Å². The molecular weight excluding hydrogens is 334 g/mol. The number of amides is 2. The van der Waals surface area contributed by atoms with Gasteiger partial charge in [0.1, 0.15) is 17.6 Å². The highest BCUT2D eigenvalue weighted by Crippen LogP contribution is 2.16. The molecule has 130 valence electrons. The summed E-state index contributed by atoms with van der Waals surface area (Å²) in [5.74, 6) is 0.380. The van der Waals surface area contributed by atoms with Crippen molar-refractivity contribution >= 4 is 11.8 Å². The third-order valence-electron chi connectivity index (χ3n) is 4.06. The zero-order chi connectivity index (χ0) is 17.9. The third kappa shape index (κ3) is 3.14. The first kappa shape index (κ1) is 15.9. The number of nitrogens with zero attached hydrogens (tertiary/aromatic N) is 4. The van der Waals surface area contributed by atoms with Crippen LogP contribution in [0.25, 0.3) is 11.5 Å². The van der Waals surface area contributed by atoms with Gasteiger partial charge in [0.25, 0.3) is 5.91 Å². The van der Waals surface area contributed by atoms with E-state index in [1.807, 2.05) is 12.1 Å². The molecule has 0 radical (unpaired) electrons. The first-order valence-corrected chi connectivity index (χ1v) is 8.05. The van der Waals surface area contributed by atoms with Crippen LogP contribution in [0.4, 0.5) is 0 Å². The van der Waals surface area contributed by atoms with Gasteiger partial charge in [-0.1, -0.05) is 18.2 Å². The molecule has 3 heterocycles. The Morgan fingerprint density at radius 2 is 2.15 bits per heavy atom. The molecule has 1 atom stereocenters. The molecule has 0 saturated carbocycles. The highest BCUT2D eigenvalue weighted by molar-refractivity contribution is 6.00. The zero-order valence-electron chi connectivity index (χ0n) is 13.6. The Bertz CT molecular complexity index is 955. The van der Waals surface area contributed by atoms with E-state index in [2.05, 4.69) is 35.8 Å². The fourth-order valence-electron chi connectivity index (χ4n) is 2.78. The van der Waals surface area contributed by atoms with Crippen LogP contribution in [0.2, 0.25) is 0 Å². The summed E-state index contributed by atoms with van der Waals surface area (Å²) in [5, 5.41) is 12.3. The number of aromatic amines is 1. The molecule has 1 unspecified atom stereocenters. The van der Waals surface area contributed by atoms with Crippen LogP contribution in [0.3, 0.4) is 0 Å². The summed E-state index contributed by atoms with van der Waals surface area (Å²) in [5.41, 5.74) is 2.01. The van der Waals surface area contributed by atoms with Crippen molar-refractivity contribution in [3.63, 3.8) is 0 Å². The van der Waals surface area contributed by atoms with Crippen molar-refractivity contribution in [1.82, 2.24) is 35.8 Å². The van der Waals surface area contributed by atoms with Crippen molar-refractivity contribution in [2.24, 2.45) is 0 Å². The number of H-pyrrole nitrogens is 1. The molecule has 1 aliphatic heterocycles. The molecule has 1 aliphatic rings. The Balaban J connectivity index is 1.39. The Kier molecular flexibility index (Phi) is 4.10. The van der Waals surface area contributed by atoms with Crippen LogP contribution < -0.4 is 10.6 Å². The number of nitrogens with one attached hydrogen (secondary N) is 3. The molecule has 26 heavy (non-hydrogen) atoms. The minimum absolute atomic E-state index is 0.167. The lowest BCUT2D eigenvalue weighted by atomic mass is 9.95. The van der Waals surface area contributed by atoms with E-state index in [1.165, 1.54) is 0 Å². The number of hydrogen-bond donors (Lipinski definition) is 3. The first-order chi connectivity index (χ1) is 12.7. The van der Waals surface area contributed by atoms with Crippen LogP contribution in [0.15, 0.2) is 42.9 Å². The first-order valence-electron chi connectivity index (χ1n) is 8.05. The van der Waals surface area contributed by atoms with Gasteiger partial charge in [0.15, 0.2) is 0 Å². The molecule has 2 amide bonds. The number of carbonyl (C=O) groups excluding carboxylic acids is 2. The maximum absolute atomic E-state index is 12.4. The van der Waals surface area contributed by atoms with Crippen molar-refractivity contribution < 1.29 is 9.59 Å². The molecule has 1 aromatic carbocycles. The number of benzene rings is 1. The average Bonchev–Trinajstić information content (AvgIpc) is 3.16. The van der Waals surface area contributed by atoms with Crippen LogP contribution in [-0.2, 0) is 17.8 Å². The molecule has 3 aromatic rings. The van der Waals surface area contributed by atoms with Crippen LogP contribution in [0.1, 0.15) is 21.7 Å². The fraction of sp³-hybridized carbons (Fsp3) is 0.176. The van der Waals surface area contributed by atoms with E-state index in [-0.39, 0.29) is 18.4 Å². The SMILES string of the molecule is O=C1NC(C(=O)NCc2nc(-c3cnccn3)n[nH]2)Cc2ccccc21. The van der Waals surface area contributed by atoms with E-state index in [9.17, 15) is 9.59 Å². The minimum atomic E-state index is -0.611. The smallest absolute Gasteiger partial charge is 0.252 e. The molecule has 0 aliphatic carbocycles. The quantitative estimate of drug-likeness (QED) is 0.619. The third-order valence-corrected chi connectivity index (χ3v) is 4.06. The van der Waals surface area contributed by atoms with Crippen molar-refractivity contribution in [2.45, 2.75) is 19.0 Å². The Morgan fingerprint density at radius 1 is 1.27 bits per heavy atom. The lowest BCUT2D eigenvalue weighted by molar-refractivity contribution is -0.123. The molecule has 0 spiro atoms. The molecule has 2 aromatic heterocycles. The van der Waals surface area contributed by atoms with E-state index in [0.717, 1.165) is 5.56 Å². The summed E-state index contributed by atoms with van der Waals surface area (Å²) >= 11 is 0. The zero-order valence-corrected chi connectivity index (χ0v) is 13.6. The predicted molar refractivity (Wildman–Crippen MR) is 90.7 cm³/mol. The average molecular weight is 349 g/mol. The van der Waals surface area contributed by atoms with E-state index in [1.54, 1.807) is 30.7 Å². The van der Waals surface area contributed by atoms with Gasteiger partial charge in [0.2, 0.25) is 11.7 Å². The lowest BCUT2D eigenvalue weighted by Gasteiger charge is -2.24. The molecular formula is C17H15N7O2. The lowest BCUT2D eigenvalue weighted by Crippen LogP contribution is -2.50. The van der Waals surface area contributed by atoms with Crippen LogP contribution in [-0.4, -0.2) is 43.0 Å². The summed E-state index contributed by atoms with van der Waals surface area (Å²) in [4.78, 5) is 36.9. The van der Waals surface area contributed by atoms with E-state index in [4.69, 9.17) is 0 Å². The molecule has 0 saturated heterocycles. The van der Waals surface area contributed by atoms with E-state index >= 15 is 0 Å². The Labute approximate surface area is 148 Å². The maximum Gasteiger partial charge on any atom is 0.252 e. The van der Waals surface area contributed by atoms with Gasteiger partial charge in [-0.15, -0.1) is 0 Å². The van der Waals surface area contributed by atoms with Crippen molar-refractivity contribution in [3.8, 4) is 11.5 Å². The van der Waals surface area contributed by atoms with Gasteiger partial charge in [-0.05, 0) is 11.6 Å². The highest BCUT2D eigenvalue weighted by atomic mass is 16.2. The maximum atomic E-state index is 12.4. The second kappa shape index (κ2) is 6.71.